The Labute approximate surface area is 134 Å². The maximum atomic E-state index is 12.3. The van der Waals surface area contributed by atoms with Crippen LogP contribution in [0.5, 0.6) is 0 Å². The van der Waals surface area contributed by atoms with Gasteiger partial charge in [-0.05, 0) is 25.5 Å². The van der Waals surface area contributed by atoms with E-state index in [4.69, 9.17) is 0 Å². The SMILES string of the molecule is CN(CC(=O)N1CCC(C)(C(=O)O)C1)S(=O)(=O)c1cccnc1. The lowest BCUT2D eigenvalue weighted by atomic mass is 9.90. The highest BCUT2D eigenvalue weighted by Crippen LogP contribution is 2.30. The number of hydrogen-bond donors (Lipinski definition) is 1. The third-order valence-electron chi connectivity index (χ3n) is 4.04. The van der Waals surface area contributed by atoms with Crippen LogP contribution in [-0.4, -0.2) is 66.3 Å². The molecule has 0 bridgehead atoms. The first-order chi connectivity index (χ1) is 10.7. The molecule has 9 heteroatoms. The number of nitrogens with zero attached hydrogens (tertiary/aromatic N) is 3. The number of rotatable bonds is 5. The van der Waals surface area contributed by atoms with Crippen LogP contribution in [0.25, 0.3) is 0 Å². The summed E-state index contributed by atoms with van der Waals surface area (Å²) < 4.78 is 25.6. The molecule has 1 unspecified atom stereocenters. The number of sulfonamides is 1. The minimum absolute atomic E-state index is 0.00657. The van der Waals surface area contributed by atoms with Crippen LogP contribution < -0.4 is 0 Å². The van der Waals surface area contributed by atoms with Crippen molar-refractivity contribution in [2.45, 2.75) is 18.2 Å². The number of carbonyl (C=O) groups is 2. The number of likely N-dealkylation sites (N-methyl/N-ethyl adjacent to an activating group) is 1. The highest BCUT2D eigenvalue weighted by Gasteiger charge is 2.42. The van der Waals surface area contributed by atoms with Crippen LogP contribution in [0.3, 0.4) is 0 Å². The van der Waals surface area contributed by atoms with Crippen molar-refractivity contribution in [1.82, 2.24) is 14.2 Å². The molecule has 1 aliphatic heterocycles. The molecule has 0 aromatic carbocycles. The lowest BCUT2D eigenvalue weighted by Gasteiger charge is -2.23. The highest BCUT2D eigenvalue weighted by atomic mass is 32.2. The minimum Gasteiger partial charge on any atom is -0.481 e. The van der Waals surface area contributed by atoms with E-state index >= 15 is 0 Å². The van der Waals surface area contributed by atoms with Crippen molar-refractivity contribution in [2.75, 3.05) is 26.7 Å². The second-order valence-electron chi connectivity index (χ2n) is 5.88. The predicted octanol–water partition coefficient (Wildman–Crippen LogP) is 0.0253. The van der Waals surface area contributed by atoms with Gasteiger partial charge in [0.05, 0.1) is 12.0 Å². The molecule has 1 aromatic rings. The number of carboxylic acid groups (broad SMARTS) is 1. The predicted molar refractivity (Wildman–Crippen MR) is 81.0 cm³/mol. The smallest absolute Gasteiger partial charge is 0.311 e. The summed E-state index contributed by atoms with van der Waals surface area (Å²) in [6, 6.07) is 2.90. The van der Waals surface area contributed by atoms with Gasteiger partial charge in [-0.15, -0.1) is 0 Å². The zero-order valence-electron chi connectivity index (χ0n) is 13.0. The van der Waals surface area contributed by atoms with E-state index in [-0.39, 0.29) is 18.0 Å². The number of pyridine rings is 1. The van der Waals surface area contributed by atoms with E-state index in [1.807, 2.05) is 0 Å². The summed E-state index contributed by atoms with van der Waals surface area (Å²) in [6.45, 7) is 1.63. The van der Waals surface area contributed by atoms with Crippen molar-refractivity contribution in [3.05, 3.63) is 24.5 Å². The molecule has 0 aliphatic carbocycles. The van der Waals surface area contributed by atoms with Crippen molar-refractivity contribution >= 4 is 21.9 Å². The van der Waals surface area contributed by atoms with E-state index in [2.05, 4.69) is 4.98 Å². The Hall–Kier alpha value is -2.00. The topological polar surface area (TPSA) is 108 Å². The third-order valence-corrected chi connectivity index (χ3v) is 5.83. The first kappa shape index (κ1) is 17.4. The third kappa shape index (κ3) is 3.50. The van der Waals surface area contributed by atoms with E-state index < -0.39 is 27.3 Å². The number of carbonyl (C=O) groups excluding carboxylic acids is 1. The van der Waals surface area contributed by atoms with Gasteiger partial charge >= 0.3 is 5.97 Å². The number of aromatic nitrogens is 1. The molecule has 2 heterocycles. The maximum Gasteiger partial charge on any atom is 0.311 e. The molecule has 1 N–H and O–H groups in total. The van der Waals surface area contributed by atoms with E-state index in [1.165, 1.54) is 36.5 Å². The normalized spacial score (nSPS) is 21.6. The van der Waals surface area contributed by atoms with Crippen molar-refractivity contribution in [1.29, 1.82) is 0 Å². The molecule has 8 nitrogen and oxygen atoms in total. The van der Waals surface area contributed by atoms with Gasteiger partial charge in [0.1, 0.15) is 4.90 Å². The van der Waals surface area contributed by atoms with Crippen LogP contribution in [0.4, 0.5) is 0 Å². The van der Waals surface area contributed by atoms with Crippen LogP contribution in [-0.2, 0) is 19.6 Å². The molecular formula is C14H19N3O5S. The largest absolute Gasteiger partial charge is 0.481 e. The molecule has 23 heavy (non-hydrogen) atoms. The zero-order chi connectivity index (χ0) is 17.3. The van der Waals surface area contributed by atoms with E-state index in [9.17, 15) is 23.1 Å². The highest BCUT2D eigenvalue weighted by molar-refractivity contribution is 7.89. The van der Waals surface area contributed by atoms with Crippen molar-refractivity contribution in [2.24, 2.45) is 5.41 Å². The Morgan fingerprint density at radius 3 is 2.70 bits per heavy atom. The second-order valence-corrected chi connectivity index (χ2v) is 7.93. The Bertz CT molecular complexity index is 706. The van der Waals surface area contributed by atoms with Crippen molar-refractivity contribution in [3.63, 3.8) is 0 Å². The molecule has 0 saturated carbocycles. The van der Waals surface area contributed by atoms with E-state index in [1.54, 1.807) is 6.92 Å². The van der Waals surface area contributed by atoms with Crippen LogP contribution >= 0.6 is 0 Å². The summed E-state index contributed by atoms with van der Waals surface area (Å²) in [6.07, 6.45) is 3.03. The van der Waals surface area contributed by atoms with Gasteiger partial charge in [-0.3, -0.25) is 14.6 Å². The van der Waals surface area contributed by atoms with Crippen molar-refractivity contribution in [3.8, 4) is 0 Å². The number of amides is 1. The van der Waals surface area contributed by atoms with Gasteiger partial charge in [-0.2, -0.15) is 4.31 Å². The fourth-order valence-corrected chi connectivity index (χ4v) is 3.49. The fourth-order valence-electron chi connectivity index (χ4n) is 2.40. The summed E-state index contributed by atoms with van der Waals surface area (Å²) >= 11 is 0. The minimum atomic E-state index is -3.80. The Morgan fingerprint density at radius 1 is 1.48 bits per heavy atom. The molecule has 0 spiro atoms. The number of likely N-dealkylation sites (tertiary alicyclic amines) is 1. The molecule has 2 rings (SSSR count). The molecule has 126 valence electrons. The number of carboxylic acids is 1. The summed E-state index contributed by atoms with van der Waals surface area (Å²) in [4.78, 5) is 28.6. The van der Waals surface area contributed by atoms with E-state index in [0.29, 0.717) is 13.0 Å². The van der Waals surface area contributed by atoms with Gasteiger partial charge in [0, 0.05) is 32.5 Å². The van der Waals surface area contributed by atoms with Gasteiger partial charge in [0.15, 0.2) is 0 Å². The molecule has 1 amide bonds. The summed E-state index contributed by atoms with van der Waals surface area (Å²) in [5, 5.41) is 9.18. The van der Waals surface area contributed by atoms with Crippen LogP contribution in [0.15, 0.2) is 29.4 Å². The Morgan fingerprint density at radius 2 is 2.17 bits per heavy atom. The Kier molecular flexibility index (Phi) is 4.71. The zero-order valence-corrected chi connectivity index (χ0v) is 13.8. The number of hydrogen-bond acceptors (Lipinski definition) is 5. The molecule has 1 aliphatic rings. The monoisotopic (exact) mass is 341 g/mol. The molecule has 1 atom stereocenters. The van der Waals surface area contributed by atoms with Crippen LogP contribution in [0.2, 0.25) is 0 Å². The standard InChI is InChI=1S/C14H19N3O5S/c1-14(13(19)20)5-7-17(10-14)12(18)9-16(2)23(21,22)11-4-3-6-15-8-11/h3-4,6,8H,5,7,9-10H2,1-2H3,(H,19,20). The van der Waals surface area contributed by atoms with Gasteiger partial charge in [-0.1, -0.05) is 0 Å². The molecule has 1 saturated heterocycles. The molecule has 0 radical (unpaired) electrons. The lowest BCUT2D eigenvalue weighted by molar-refractivity contribution is -0.147. The van der Waals surface area contributed by atoms with Gasteiger partial charge in [0.2, 0.25) is 15.9 Å². The second kappa shape index (κ2) is 6.25. The summed E-state index contributed by atoms with van der Waals surface area (Å²) in [7, 11) is -2.49. The van der Waals surface area contributed by atoms with E-state index in [0.717, 1.165) is 4.31 Å². The summed E-state index contributed by atoms with van der Waals surface area (Å²) in [5.74, 6) is -1.37. The van der Waals surface area contributed by atoms with Crippen LogP contribution in [0, 0.1) is 5.41 Å². The fraction of sp³-hybridized carbons (Fsp3) is 0.500. The number of aliphatic carboxylic acids is 1. The maximum absolute atomic E-state index is 12.3. The van der Waals surface area contributed by atoms with Crippen LogP contribution in [0.1, 0.15) is 13.3 Å². The average Bonchev–Trinajstić information content (AvgIpc) is 2.92. The molecule has 1 aromatic heterocycles. The van der Waals surface area contributed by atoms with Gasteiger partial charge < -0.3 is 10.0 Å². The lowest BCUT2D eigenvalue weighted by Crippen LogP contribution is -2.41. The first-order valence-corrected chi connectivity index (χ1v) is 8.48. The summed E-state index contributed by atoms with van der Waals surface area (Å²) in [5.41, 5.74) is -0.976. The van der Waals surface area contributed by atoms with Crippen molar-refractivity contribution < 1.29 is 23.1 Å². The Balaban J connectivity index is 2.05. The average molecular weight is 341 g/mol. The molecule has 1 fully saturated rings. The molecular weight excluding hydrogens is 322 g/mol. The quantitative estimate of drug-likeness (QED) is 0.809. The van der Waals surface area contributed by atoms with Gasteiger partial charge in [0.25, 0.3) is 0 Å². The van der Waals surface area contributed by atoms with Gasteiger partial charge in [-0.25, -0.2) is 8.42 Å². The first-order valence-electron chi connectivity index (χ1n) is 7.04.